The van der Waals surface area contributed by atoms with Gasteiger partial charge >= 0.3 is 0 Å². The summed E-state index contributed by atoms with van der Waals surface area (Å²) in [5.41, 5.74) is 5.37. The first-order chi connectivity index (χ1) is 7.88. The maximum Gasteiger partial charge on any atom is 0.0594 e. The number of halogens is 2. The second-order valence-corrected chi connectivity index (χ2v) is 4.99. The fourth-order valence-electron chi connectivity index (χ4n) is 2.24. The van der Waals surface area contributed by atoms with Crippen LogP contribution in [-0.4, -0.2) is 68.8 Å². The molecule has 0 spiro atoms. The number of piperazine rings is 1. The highest BCUT2D eigenvalue weighted by Gasteiger charge is 2.26. The van der Waals surface area contributed by atoms with Gasteiger partial charge in [-0.15, -0.1) is 24.8 Å². The van der Waals surface area contributed by atoms with Crippen molar-refractivity contribution in [3.8, 4) is 0 Å². The molecule has 6 heteroatoms. The van der Waals surface area contributed by atoms with Gasteiger partial charge in [-0.25, -0.2) is 0 Å². The first-order valence-corrected chi connectivity index (χ1v) is 6.61. The van der Waals surface area contributed by atoms with Gasteiger partial charge in [0.1, 0.15) is 0 Å². The summed E-state index contributed by atoms with van der Waals surface area (Å²) in [5, 5.41) is 0. The van der Waals surface area contributed by atoms with Crippen LogP contribution < -0.4 is 5.73 Å². The zero-order valence-corrected chi connectivity index (χ0v) is 12.7. The van der Waals surface area contributed by atoms with Gasteiger partial charge in [0, 0.05) is 45.8 Å². The number of hydrogen-bond donors (Lipinski definition) is 1. The average Bonchev–Trinajstić information content (AvgIpc) is 3.11. The van der Waals surface area contributed by atoms with Gasteiger partial charge in [-0.1, -0.05) is 0 Å². The Kier molecular flexibility index (Phi) is 10.5. The molecule has 2 rings (SSSR count). The third-order valence-electron chi connectivity index (χ3n) is 3.49. The maximum absolute atomic E-state index is 5.41. The smallest absolute Gasteiger partial charge is 0.0594 e. The van der Waals surface area contributed by atoms with E-state index in [2.05, 4.69) is 9.80 Å². The van der Waals surface area contributed by atoms with E-state index >= 15 is 0 Å². The normalized spacial score (nSPS) is 21.2. The Balaban J connectivity index is 0.00000144. The average molecular weight is 300 g/mol. The van der Waals surface area contributed by atoms with E-state index in [1.807, 2.05) is 0 Å². The molecule has 0 atom stereocenters. The number of hydrogen-bond acceptors (Lipinski definition) is 4. The molecular weight excluding hydrogens is 273 g/mol. The summed E-state index contributed by atoms with van der Waals surface area (Å²) < 4.78 is 5.41. The van der Waals surface area contributed by atoms with Crippen molar-refractivity contribution in [2.75, 3.05) is 59.0 Å². The second kappa shape index (κ2) is 10.2. The van der Waals surface area contributed by atoms with Gasteiger partial charge in [-0.3, -0.25) is 4.90 Å². The summed E-state index contributed by atoms with van der Waals surface area (Å²) in [4.78, 5) is 5.12. The molecule has 0 bridgehead atoms. The van der Waals surface area contributed by atoms with Crippen LogP contribution in [0.4, 0.5) is 0 Å². The minimum absolute atomic E-state index is 0. The minimum atomic E-state index is 0. The molecule has 2 fully saturated rings. The lowest BCUT2D eigenvalue weighted by Crippen LogP contribution is -2.47. The number of nitrogens with zero attached hydrogens (tertiary/aromatic N) is 2. The van der Waals surface area contributed by atoms with Crippen LogP contribution in [0.15, 0.2) is 0 Å². The molecule has 110 valence electrons. The Morgan fingerprint density at radius 2 is 1.56 bits per heavy atom. The van der Waals surface area contributed by atoms with E-state index in [0.29, 0.717) is 13.2 Å². The quantitative estimate of drug-likeness (QED) is 0.707. The van der Waals surface area contributed by atoms with Crippen molar-refractivity contribution < 1.29 is 4.74 Å². The largest absolute Gasteiger partial charge is 0.379 e. The Hall–Kier alpha value is 0.420. The molecule has 1 aliphatic heterocycles. The van der Waals surface area contributed by atoms with Crippen molar-refractivity contribution in [3.05, 3.63) is 0 Å². The van der Waals surface area contributed by atoms with E-state index in [0.717, 1.165) is 19.1 Å². The lowest BCUT2D eigenvalue weighted by atomic mass is 10.3. The van der Waals surface area contributed by atoms with Gasteiger partial charge in [0.2, 0.25) is 0 Å². The molecule has 1 aliphatic carbocycles. The standard InChI is InChI=1S/C12H25N3O.2ClH/c13-3-9-16-10-8-14-4-6-15(7-5-14)11-12-1-2-12;;/h12H,1-11,13H2;2*1H. The predicted molar refractivity (Wildman–Crippen MR) is 80.0 cm³/mol. The third-order valence-corrected chi connectivity index (χ3v) is 3.49. The minimum Gasteiger partial charge on any atom is -0.379 e. The Bertz CT molecular complexity index is 198. The van der Waals surface area contributed by atoms with Gasteiger partial charge in [-0.2, -0.15) is 0 Å². The number of rotatable bonds is 7. The molecular formula is C12H27Cl2N3O. The van der Waals surface area contributed by atoms with Gasteiger partial charge in [0.25, 0.3) is 0 Å². The van der Waals surface area contributed by atoms with E-state index < -0.39 is 0 Å². The first-order valence-electron chi connectivity index (χ1n) is 6.61. The van der Waals surface area contributed by atoms with Crippen molar-refractivity contribution in [3.63, 3.8) is 0 Å². The van der Waals surface area contributed by atoms with Gasteiger partial charge in [-0.05, 0) is 18.8 Å². The zero-order valence-electron chi connectivity index (χ0n) is 11.1. The summed E-state index contributed by atoms with van der Waals surface area (Å²) >= 11 is 0. The lowest BCUT2D eigenvalue weighted by molar-refractivity contribution is 0.0773. The van der Waals surface area contributed by atoms with Crippen LogP contribution in [-0.2, 0) is 4.74 Å². The van der Waals surface area contributed by atoms with Crippen molar-refractivity contribution in [2.24, 2.45) is 11.7 Å². The number of nitrogens with two attached hydrogens (primary N) is 1. The molecule has 2 N–H and O–H groups in total. The topological polar surface area (TPSA) is 41.7 Å². The molecule has 1 heterocycles. The zero-order chi connectivity index (χ0) is 11.2. The van der Waals surface area contributed by atoms with E-state index in [1.54, 1.807) is 0 Å². The van der Waals surface area contributed by atoms with Crippen molar-refractivity contribution in [1.82, 2.24) is 9.80 Å². The van der Waals surface area contributed by atoms with Crippen molar-refractivity contribution in [2.45, 2.75) is 12.8 Å². The molecule has 0 aromatic heterocycles. The molecule has 4 nitrogen and oxygen atoms in total. The summed E-state index contributed by atoms with van der Waals surface area (Å²) in [7, 11) is 0. The SMILES string of the molecule is Cl.Cl.NCCOCCN1CCN(CC2CC2)CC1. The molecule has 0 aromatic rings. The second-order valence-electron chi connectivity index (χ2n) is 4.99. The highest BCUT2D eigenvalue weighted by atomic mass is 35.5. The summed E-state index contributed by atoms with van der Waals surface area (Å²) in [6, 6.07) is 0. The molecule has 1 saturated carbocycles. The molecule has 1 saturated heterocycles. The summed E-state index contributed by atoms with van der Waals surface area (Å²) in [6.45, 7) is 9.48. The van der Waals surface area contributed by atoms with Crippen LogP contribution in [0.2, 0.25) is 0 Å². The van der Waals surface area contributed by atoms with Crippen LogP contribution in [0.1, 0.15) is 12.8 Å². The summed E-state index contributed by atoms with van der Waals surface area (Å²) in [5.74, 6) is 1.03. The van der Waals surface area contributed by atoms with Crippen LogP contribution in [0.3, 0.4) is 0 Å². The summed E-state index contributed by atoms with van der Waals surface area (Å²) in [6.07, 6.45) is 2.93. The van der Waals surface area contributed by atoms with Gasteiger partial charge < -0.3 is 15.4 Å². The van der Waals surface area contributed by atoms with Gasteiger partial charge in [0.05, 0.1) is 13.2 Å². The molecule has 2 aliphatic rings. The highest BCUT2D eigenvalue weighted by molar-refractivity contribution is 5.85. The molecule has 0 radical (unpaired) electrons. The van der Waals surface area contributed by atoms with E-state index in [1.165, 1.54) is 45.6 Å². The van der Waals surface area contributed by atoms with Crippen LogP contribution in [0.25, 0.3) is 0 Å². The Morgan fingerprint density at radius 3 is 2.11 bits per heavy atom. The fraction of sp³-hybridized carbons (Fsp3) is 1.00. The fourth-order valence-corrected chi connectivity index (χ4v) is 2.24. The lowest BCUT2D eigenvalue weighted by Gasteiger charge is -2.34. The Labute approximate surface area is 123 Å². The molecule has 18 heavy (non-hydrogen) atoms. The van der Waals surface area contributed by atoms with E-state index in [-0.39, 0.29) is 24.8 Å². The van der Waals surface area contributed by atoms with Crippen LogP contribution >= 0.6 is 24.8 Å². The van der Waals surface area contributed by atoms with Crippen LogP contribution in [0, 0.1) is 5.92 Å². The maximum atomic E-state index is 5.41. The third kappa shape index (κ3) is 7.12. The monoisotopic (exact) mass is 299 g/mol. The van der Waals surface area contributed by atoms with Crippen molar-refractivity contribution >= 4 is 24.8 Å². The van der Waals surface area contributed by atoms with E-state index in [4.69, 9.17) is 10.5 Å². The van der Waals surface area contributed by atoms with Gasteiger partial charge in [0.15, 0.2) is 0 Å². The predicted octanol–water partition coefficient (Wildman–Crippen LogP) is 0.833. The number of ether oxygens (including phenoxy) is 1. The first kappa shape index (κ1) is 18.4. The highest BCUT2D eigenvalue weighted by Crippen LogP contribution is 2.29. The molecule has 0 aromatic carbocycles. The van der Waals surface area contributed by atoms with Crippen LogP contribution in [0.5, 0.6) is 0 Å². The van der Waals surface area contributed by atoms with E-state index in [9.17, 15) is 0 Å². The molecule has 0 amide bonds. The Morgan fingerprint density at radius 1 is 0.944 bits per heavy atom. The molecule has 0 unspecified atom stereocenters. The van der Waals surface area contributed by atoms with Crippen molar-refractivity contribution in [1.29, 1.82) is 0 Å².